The number of hydrogen-bond donors (Lipinski definition) is 3. The Hall–Kier alpha value is -3.62. The number of rotatable bonds is 9. The molecule has 44 heavy (non-hydrogen) atoms. The van der Waals surface area contributed by atoms with E-state index in [2.05, 4.69) is 21.7 Å². The Morgan fingerprint density at radius 3 is 2.25 bits per heavy atom. The number of aliphatic hydroxyl groups excluding tert-OH is 1. The second kappa shape index (κ2) is 12.4. The summed E-state index contributed by atoms with van der Waals surface area (Å²) < 4.78 is 0. The number of Topliss-reactive ketones (excluding diaryl/α,β-unsaturated/α-hetero) is 1. The zero-order chi connectivity index (χ0) is 32.6. The maximum atomic E-state index is 13.9. The van der Waals surface area contributed by atoms with Gasteiger partial charge in [0.25, 0.3) is 0 Å². The molecule has 1 aliphatic heterocycles. The summed E-state index contributed by atoms with van der Waals surface area (Å²) in [6.07, 6.45) is 0.0136. The number of nitrogens with zero attached hydrogens (tertiary/aromatic N) is 3. The maximum absolute atomic E-state index is 13.9. The van der Waals surface area contributed by atoms with Crippen LogP contribution in [0.25, 0.3) is 10.4 Å². The number of ketones is 1. The van der Waals surface area contributed by atoms with Crippen LogP contribution in [0.3, 0.4) is 0 Å². The lowest BCUT2D eigenvalue weighted by Gasteiger charge is -2.36. The van der Waals surface area contributed by atoms with Gasteiger partial charge in [-0.05, 0) is 36.3 Å². The Labute approximate surface area is 263 Å². The quantitative estimate of drug-likeness (QED) is 0.382. The first-order chi connectivity index (χ1) is 20.5. The van der Waals surface area contributed by atoms with Crippen LogP contribution in [0.5, 0.6) is 0 Å². The third-order valence-corrected chi connectivity index (χ3v) is 9.49. The third-order valence-electron chi connectivity index (χ3n) is 8.52. The summed E-state index contributed by atoms with van der Waals surface area (Å²) >= 11 is 1.54. The number of carbonyl (C=O) groups is 4. The van der Waals surface area contributed by atoms with Crippen molar-refractivity contribution in [3.63, 3.8) is 0 Å². The van der Waals surface area contributed by atoms with Crippen LogP contribution in [-0.4, -0.2) is 63.2 Å². The molecule has 1 saturated heterocycles. The molecule has 0 bridgehead atoms. The van der Waals surface area contributed by atoms with E-state index in [0.717, 1.165) is 21.7 Å². The Bertz CT molecular complexity index is 1460. The normalized spacial score (nSPS) is 20.8. The molecule has 1 aromatic heterocycles. The van der Waals surface area contributed by atoms with Crippen LogP contribution in [0.15, 0.2) is 29.8 Å². The molecule has 1 aromatic carbocycles. The topological polar surface area (TPSA) is 152 Å². The van der Waals surface area contributed by atoms with Crippen molar-refractivity contribution in [1.82, 2.24) is 20.5 Å². The van der Waals surface area contributed by atoms with E-state index in [-0.39, 0.29) is 25.2 Å². The number of likely N-dealkylation sites (tertiary alicyclic amines) is 1. The Balaban J connectivity index is 1.58. The second-order valence-electron chi connectivity index (χ2n) is 14.2. The van der Waals surface area contributed by atoms with E-state index in [4.69, 9.17) is 0 Å². The van der Waals surface area contributed by atoms with Gasteiger partial charge in [-0.25, -0.2) is 4.98 Å². The molecule has 4 rings (SSSR count). The minimum Gasteiger partial charge on any atom is -0.391 e. The standard InChI is InChI=1S/C33H43N5O5S/c1-19-26(44-18-35-19)21-10-8-20(9-11-21)23(15-25(40)31(2,3)4)36-28(41)24-14-22(39)16-38(24)29(42)27(32(5,6)7)37-30(43)33(17-34)12-13-33/h8-11,18,22-24,27,39H,12-16H2,1-7H3,(H,36,41)(H,37,43)/t22-,23+,24+,27-/m1/s1. The highest BCUT2D eigenvalue weighted by atomic mass is 32.1. The number of nitriles is 1. The van der Waals surface area contributed by atoms with E-state index in [0.29, 0.717) is 12.8 Å². The summed E-state index contributed by atoms with van der Waals surface area (Å²) in [5.41, 5.74) is 1.95. The van der Waals surface area contributed by atoms with Gasteiger partial charge in [-0.2, -0.15) is 5.26 Å². The van der Waals surface area contributed by atoms with Gasteiger partial charge in [-0.3, -0.25) is 19.2 Å². The van der Waals surface area contributed by atoms with Crippen LogP contribution in [0.1, 0.15) is 84.5 Å². The van der Waals surface area contributed by atoms with Crippen LogP contribution in [0.2, 0.25) is 0 Å². The van der Waals surface area contributed by atoms with Crippen molar-refractivity contribution in [2.75, 3.05) is 6.54 Å². The highest BCUT2D eigenvalue weighted by Gasteiger charge is 2.53. The summed E-state index contributed by atoms with van der Waals surface area (Å²) in [5.74, 6) is -1.51. The number of thiazole rings is 1. The molecule has 4 atom stereocenters. The van der Waals surface area contributed by atoms with E-state index in [1.807, 2.05) is 52.0 Å². The fraction of sp³-hybridized carbons (Fsp3) is 0.576. The molecule has 10 nitrogen and oxygen atoms in total. The molecule has 236 valence electrons. The molecule has 2 heterocycles. The van der Waals surface area contributed by atoms with Crippen molar-refractivity contribution in [2.45, 2.75) is 98.4 Å². The van der Waals surface area contributed by atoms with Crippen LogP contribution < -0.4 is 10.6 Å². The Morgan fingerprint density at radius 1 is 1.11 bits per heavy atom. The minimum absolute atomic E-state index is 0.0219. The molecule has 0 radical (unpaired) electrons. The van der Waals surface area contributed by atoms with Crippen LogP contribution in [-0.2, 0) is 19.2 Å². The SMILES string of the molecule is Cc1ncsc1-c1ccc([C@H](CC(=O)C(C)(C)C)NC(=O)[C@@H]2C[C@@H](O)CN2C(=O)[C@@H](NC(=O)C2(C#N)CC2)C(C)(C)C)cc1. The molecule has 3 amide bonds. The van der Waals surface area contributed by atoms with Crippen LogP contribution >= 0.6 is 11.3 Å². The van der Waals surface area contributed by atoms with Gasteiger partial charge in [-0.15, -0.1) is 11.3 Å². The van der Waals surface area contributed by atoms with Crippen LogP contribution in [0, 0.1) is 34.5 Å². The molecule has 3 N–H and O–H groups in total. The number of benzene rings is 1. The summed E-state index contributed by atoms with van der Waals surface area (Å²) in [6, 6.07) is 7.03. The van der Waals surface area contributed by atoms with Gasteiger partial charge in [-0.1, -0.05) is 65.8 Å². The maximum Gasteiger partial charge on any atom is 0.246 e. The third kappa shape index (κ3) is 7.19. The van der Waals surface area contributed by atoms with Gasteiger partial charge in [0.1, 0.15) is 23.3 Å². The van der Waals surface area contributed by atoms with Crippen molar-refractivity contribution < 1.29 is 24.3 Å². The van der Waals surface area contributed by atoms with E-state index in [9.17, 15) is 29.5 Å². The van der Waals surface area contributed by atoms with Crippen molar-refractivity contribution in [3.05, 3.63) is 41.0 Å². The first-order valence-electron chi connectivity index (χ1n) is 15.0. The molecule has 11 heteroatoms. The first-order valence-corrected chi connectivity index (χ1v) is 15.9. The van der Waals surface area contributed by atoms with Gasteiger partial charge in [0, 0.05) is 24.8 Å². The van der Waals surface area contributed by atoms with Gasteiger partial charge in [0.05, 0.1) is 34.3 Å². The lowest BCUT2D eigenvalue weighted by molar-refractivity contribution is -0.144. The summed E-state index contributed by atoms with van der Waals surface area (Å²) in [6.45, 7) is 12.8. The van der Waals surface area contributed by atoms with Crippen molar-refractivity contribution >= 4 is 34.8 Å². The van der Waals surface area contributed by atoms with Crippen LogP contribution in [0.4, 0.5) is 0 Å². The molecule has 0 spiro atoms. The zero-order valence-electron chi connectivity index (χ0n) is 26.6. The van der Waals surface area contributed by atoms with Gasteiger partial charge in [0.2, 0.25) is 17.7 Å². The number of hydrogen-bond acceptors (Lipinski definition) is 8. The first kappa shape index (κ1) is 33.3. The average Bonchev–Trinajstić information content (AvgIpc) is 3.48. The molecular weight excluding hydrogens is 578 g/mol. The molecular formula is C33H43N5O5S. The average molecular weight is 622 g/mol. The highest BCUT2D eigenvalue weighted by Crippen LogP contribution is 2.45. The number of β-amino-alcohol motifs (C(OH)–C–C–N with tert-alkyl or cyclic N) is 1. The fourth-order valence-electron chi connectivity index (χ4n) is 5.36. The number of nitrogens with one attached hydrogen (secondary N) is 2. The van der Waals surface area contributed by atoms with Crippen molar-refractivity contribution in [3.8, 4) is 16.5 Å². The molecule has 2 fully saturated rings. The number of aliphatic hydroxyl groups is 1. The smallest absolute Gasteiger partial charge is 0.246 e. The fourth-order valence-corrected chi connectivity index (χ4v) is 6.17. The molecule has 1 aliphatic carbocycles. The second-order valence-corrected chi connectivity index (χ2v) is 15.0. The predicted octanol–water partition coefficient (Wildman–Crippen LogP) is 4.08. The highest BCUT2D eigenvalue weighted by molar-refractivity contribution is 7.13. The summed E-state index contributed by atoms with van der Waals surface area (Å²) in [5, 5.41) is 25.9. The number of aromatic nitrogens is 1. The molecule has 1 saturated carbocycles. The largest absolute Gasteiger partial charge is 0.391 e. The zero-order valence-corrected chi connectivity index (χ0v) is 27.4. The lowest BCUT2D eigenvalue weighted by Crippen LogP contribution is -2.58. The Morgan fingerprint density at radius 2 is 1.75 bits per heavy atom. The molecule has 2 aromatic rings. The Kier molecular flexibility index (Phi) is 9.38. The molecule has 0 unspecified atom stereocenters. The number of carbonyl (C=O) groups excluding carboxylic acids is 4. The van der Waals surface area contributed by atoms with Gasteiger partial charge >= 0.3 is 0 Å². The van der Waals surface area contributed by atoms with E-state index in [1.165, 1.54) is 16.2 Å². The van der Waals surface area contributed by atoms with Crippen molar-refractivity contribution in [1.29, 1.82) is 5.26 Å². The predicted molar refractivity (Wildman–Crippen MR) is 167 cm³/mol. The van der Waals surface area contributed by atoms with Crippen molar-refractivity contribution in [2.24, 2.45) is 16.2 Å². The lowest BCUT2D eigenvalue weighted by atomic mass is 9.85. The van der Waals surface area contributed by atoms with E-state index >= 15 is 0 Å². The number of amides is 3. The molecule has 2 aliphatic rings. The van der Waals surface area contributed by atoms with Gasteiger partial charge < -0.3 is 20.6 Å². The monoisotopic (exact) mass is 621 g/mol. The minimum atomic E-state index is -1.12. The van der Waals surface area contributed by atoms with E-state index < -0.39 is 58.2 Å². The summed E-state index contributed by atoms with van der Waals surface area (Å²) in [4.78, 5) is 60.6. The summed E-state index contributed by atoms with van der Waals surface area (Å²) in [7, 11) is 0. The van der Waals surface area contributed by atoms with E-state index in [1.54, 1.807) is 26.3 Å². The number of aryl methyl sites for hydroxylation is 1. The van der Waals surface area contributed by atoms with Gasteiger partial charge in [0.15, 0.2) is 0 Å².